The summed E-state index contributed by atoms with van der Waals surface area (Å²) in [5.41, 5.74) is -0.490. The monoisotopic (exact) mass is 187 g/mol. The molecule has 1 N–H and O–H groups in total. The second-order valence-electron chi connectivity index (χ2n) is 3.67. The lowest BCUT2D eigenvalue weighted by Gasteiger charge is -2.18. The molecule has 0 bridgehead atoms. The van der Waals surface area contributed by atoms with Crippen molar-refractivity contribution in [1.29, 1.82) is 0 Å². The number of carboxylic acid groups (broad SMARTS) is 1. The van der Waals surface area contributed by atoms with Gasteiger partial charge in [0, 0.05) is 0 Å². The van der Waals surface area contributed by atoms with Crippen LogP contribution in [0.4, 0.5) is 0 Å². The van der Waals surface area contributed by atoms with E-state index in [-0.39, 0.29) is 18.9 Å². The fourth-order valence-electron chi connectivity index (χ4n) is 1.20. The first-order chi connectivity index (χ1) is 5.91. The Morgan fingerprint density at radius 2 is 2.31 bits per heavy atom. The predicted octanol–water partition coefficient (Wildman–Crippen LogP) is 0.404. The average Bonchev–Trinajstić information content (AvgIpc) is 2.20. The van der Waals surface area contributed by atoms with Crippen LogP contribution in [0.5, 0.6) is 0 Å². The second-order valence-corrected chi connectivity index (χ2v) is 3.67. The van der Waals surface area contributed by atoms with Crippen molar-refractivity contribution in [1.82, 2.24) is 5.06 Å². The third-order valence-electron chi connectivity index (χ3n) is 1.74. The summed E-state index contributed by atoms with van der Waals surface area (Å²) in [5.74, 6) is -1.08. The van der Waals surface area contributed by atoms with E-state index in [0.717, 1.165) is 5.06 Å². The van der Waals surface area contributed by atoms with Gasteiger partial charge in [-0.1, -0.05) is 0 Å². The molecule has 1 aliphatic heterocycles. The van der Waals surface area contributed by atoms with E-state index in [9.17, 15) is 9.59 Å². The molecule has 1 fully saturated rings. The number of hydroxylamine groups is 2. The molecule has 0 aromatic heterocycles. The van der Waals surface area contributed by atoms with Crippen molar-refractivity contribution in [3.05, 3.63) is 0 Å². The van der Waals surface area contributed by atoms with Crippen LogP contribution in [0.2, 0.25) is 0 Å². The van der Waals surface area contributed by atoms with Crippen LogP contribution < -0.4 is 0 Å². The van der Waals surface area contributed by atoms with E-state index in [1.807, 2.05) is 0 Å². The lowest BCUT2D eigenvalue weighted by atomic mass is 10.1. The Kier molecular flexibility index (Phi) is 2.56. The van der Waals surface area contributed by atoms with Crippen molar-refractivity contribution in [3.63, 3.8) is 0 Å². The number of hydrogen-bond acceptors (Lipinski definition) is 3. The highest BCUT2D eigenvalue weighted by Gasteiger charge is 2.37. The lowest BCUT2D eigenvalue weighted by Crippen LogP contribution is -2.28. The van der Waals surface area contributed by atoms with E-state index in [0.29, 0.717) is 6.42 Å². The summed E-state index contributed by atoms with van der Waals surface area (Å²) in [6.07, 6.45) is 0.231. The summed E-state index contributed by atoms with van der Waals surface area (Å²) in [6.45, 7) is 3.72. The quantitative estimate of drug-likeness (QED) is 0.694. The molecule has 5 nitrogen and oxygen atoms in total. The first-order valence-electron chi connectivity index (χ1n) is 4.12. The molecule has 74 valence electrons. The lowest BCUT2D eigenvalue weighted by molar-refractivity contribution is -0.192. The molecule has 0 aliphatic carbocycles. The summed E-state index contributed by atoms with van der Waals surface area (Å²) in [7, 11) is 0. The predicted molar refractivity (Wildman–Crippen MR) is 43.7 cm³/mol. The van der Waals surface area contributed by atoms with Crippen molar-refractivity contribution >= 4 is 11.9 Å². The third-order valence-corrected chi connectivity index (χ3v) is 1.74. The Hall–Kier alpha value is -1.10. The summed E-state index contributed by atoms with van der Waals surface area (Å²) >= 11 is 0. The fourth-order valence-corrected chi connectivity index (χ4v) is 1.20. The second kappa shape index (κ2) is 3.33. The molecule has 0 aromatic carbocycles. The third kappa shape index (κ3) is 2.69. The van der Waals surface area contributed by atoms with Gasteiger partial charge < -0.3 is 5.11 Å². The van der Waals surface area contributed by atoms with E-state index >= 15 is 0 Å². The van der Waals surface area contributed by atoms with E-state index in [1.165, 1.54) is 0 Å². The first-order valence-corrected chi connectivity index (χ1v) is 4.12. The molecule has 1 saturated heterocycles. The van der Waals surface area contributed by atoms with Crippen LogP contribution in [0, 0.1) is 0 Å². The van der Waals surface area contributed by atoms with Gasteiger partial charge in [-0.2, -0.15) is 0 Å². The van der Waals surface area contributed by atoms with E-state index < -0.39 is 11.6 Å². The van der Waals surface area contributed by atoms with Crippen LogP contribution in [0.3, 0.4) is 0 Å². The Morgan fingerprint density at radius 1 is 1.69 bits per heavy atom. The molecular weight excluding hydrogens is 174 g/mol. The van der Waals surface area contributed by atoms with Gasteiger partial charge in [0.15, 0.2) is 0 Å². The first kappa shape index (κ1) is 9.98. The molecule has 1 aliphatic rings. The number of carbonyl (C=O) groups excluding carboxylic acids is 1. The number of hydrogen-bond donors (Lipinski definition) is 1. The van der Waals surface area contributed by atoms with Crippen LogP contribution in [-0.2, 0) is 14.4 Å². The van der Waals surface area contributed by atoms with Crippen molar-refractivity contribution in [2.24, 2.45) is 0 Å². The zero-order chi connectivity index (χ0) is 10.1. The largest absolute Gasteiger partial charge is 0.481 e. The summed E-state index contributed by atoms with van der Waals surface area (Å²) < 4.78 is 0. The highest BCUT2D eigenvalue weighted by Crippen LogP contribution is 2.25. The number of aliphatic carboxylic acids is 1. The smallest absolute Gasteiger partial charge is 0.305 e. The maximum Gasteiger partial charge on any atom is 0.305 e. The van der Waals surface area contributed by atoms with Gasteiger partial charge in [0.05, 0.1) is 25.0 Å². The fraction of sp³-hybridized carbons (Fsp3) is 0.750. The van der Waals surface area contributed by atoms with Crippen LogP contribution in [0.25, 0.3) is 0 Å². The molecule has 13 heavy (non-hydrogen) atoms. The van der Waals surface area contributed by atoms with Gasteiger partial charge in [-0.15, -0.1) is 0 Å². The number of carboxylic acids is 1. The average molecular weight is 187 g/mol. The van der Waals surface area contributed by atoms with Crippen LogP contribution in [-0.4, -0.2) is 34.2 Å². The van der Waals surface area contributed by atoms with Crippen LogP contribution in [0.1, 0.15) is 26.7 Å². The van der Waals surface area contributed by atoms with Gasteiger partial charge in [-0.3, -0.25) is 14.4 Å². The SMILES string of the molecule is CC1(C)CC(=O)N(CCC(=O)O)O1. The molecular formula is C8H13NO4. The Labute approximate surface area is 76.2 Å². The highest BCUT2D eigenvalue weighted by atomic mass is 16.7. The molecule has 0 unspecified atom stereocenters. The molecule has 0 atom stereocenters. The Balaban J connectivity index is 2.44. The number of nitrogens with zero attached hydrogens (tertiary/aromatic N) is 1. The number of carbonyl (C=O) groups is 2. The van der Waals surface area contributed by atoms with Crippen molar-refractivity contribution in [3.8, 4) is 0 Å². The molecule has 1 rings (SSSR count). The summed E-state index contributed by atoms with van der Waals surface area (Å²) in [4.78, 5) is 26.7. The summed E-state index contributed by atoms with van der Waals surface area (Å²) in [6, 6.07) is 0. The molecule has 0 saturated carbocycles. The van der Waals surface area contributed by atoms with Crippen LogP contribution in [0.15, 0.2) is 0 Å². The zero-order valence-corrected chi connectivity index (χ0v) is 7.74. The van der Waals surface area contributed by atoms with E-state index in [2.05, 4.69) is 0 Å². The Bertz CT molecular complexity index is 236. The minimum Gasteiger partial charge on any atom is -0.481 e. The molecule has 0 aromatic rings. The van der Waals surface area contributed by atoms with Crippen molar-refractivity contribution in [2.75, 3.05) is 6.54 Å². The molecule has 1 amide bonds. The minimum absolute atomic E-state index is 0.0815. The minimum atomic E-state index is -0.930. The van der Waals surface area contributed by atoms with Crippen molar-refractivity contribution < 1.29 is 19.5 Å². The van der Waals surface area contributed by atoms with Gasteiger partial charge in [0.1, 0.15) is 0 Å². The van der Waals surface area contributed by atoms with Gasteiger partial charge in [-0.25, -0.2) is 5.06 Å². The molecule has 0 spiro atoms. The van der Waals surface area contributed by atoms with E-state index in [1.54, 1.807) is 13.8 Å². The molecule has 1 heterocycles. The van der Waals surface area contributed by atoms with Gasteiger partial charge in [0.2, 0.25) is 5.91 Å². The molecule has 5 heteroatoms. The van der Waals surface area contributed by atoms with Gasteiger partial charge in [-0.05, 0) is 13.8 Å². The maximum atomic E-state index is 11.2. The Morgan fingerprint density at radius 3 is 2.69 bits per heavy atom. The zero-order valence-electron chi connectivity index (χ0n) is 7.74. The maximum absolute atomic E-state index is 11.2. The number of amides is 1. The number of rotatable bonds is 3. The van der Waals surface area contributed by atoms with E-state index in [4.69, 9.17) is 9.94 Å². The van der Waals surface area contributed by atoms with Crippen molar-refractivity contribution in [2.45, 2.75) is 32.3 Å². The van der Waals surface area contributed by atoms with Crippen LogP contribution >= 0.6 is 0 Å². The van der Waals surface area contributed by atoms with Gasteiger partial charge in [0.25, 0.3) is 0 Å². The highest BCUT2D eigenvalue weighted by molar-refractivity contribution is 5.78. The standard InChI is InChI=1S/C8H13NO4/c1-8(2)5-6(10)9(13-8)4-3-7(11)12/h3-5H2,1-2H3,(H,11,12). The van der Waals surface area contributed by atoms with Gasteiger partial charge >= 0.3 is 5.97 Å². The molecule has 0 radical (unpaired) electrons. The topological polar surface area (TPSA) is 66.8 Å². The summed E-state index contributed by atoms with van der Waals surface area (Å²) in [5, 5.41) is 9.53. The normalized spacial score (nSPS) is 20.8.